The van der Waals surface area contributed by atoms with Crippen molar-refractivity contribution in [3.63, 3.8) is 0 Å². The van der Waals surface area contributed by atoms with Crippen LogP contribution in [0.1, 0.15) is 16.2 Å². The number of aromatic amines is 1. The van der Waals surface area contributed by atoms with Gasteiger partial charge in [-0.05, 0) is 37.3 Å². The number of aryl methyl sites for hydroxylation is 1. The zero-order chi connectivity index (χ0) is 21.3. The van der Waals surface area contributed by atoms with E-state index >= 15 is 0 Å². The summed E-state index contributed by atoms with van der Waals surface area (Å²) in [5, 5.41) is 16.6. The molecule has 9 nitrogen and oxygen atoms in total. The minimum atomic E-state index is -1.21. The van der Waals surface area contributed by atoms with Crippen LogP contribution in [0.5, 0.6) is 11.5 Å². The molecule has 2 aromatic carbocycles. The number of rotatable bonds is 5. The average molecular weight is 406 g/mol. The normalized spacial score (nSPS) is 11.6. The molecule has 0 atom stereocenters. The highest BCUT2D eigenvalue weighted by atomic mass is 16.5. The molecule has 4 rings (SSSR count). The Kier molecular flexibility index (Phi) is 4.93. The number of benzene rings is 2. The Morgan fingerprint density at radius 2 is 1.90 bits per heavy atom. The third-order valence-electron chi connectivity index (χ3n) is 4.46. The predicted octanol–water partition coefficient (Wildman–Crippen LogP) is 3.47. The van der Waals surface area contributed by atoms with E-state index in [1.54, 1.807) is 32.4 Å². The summed E-state index contributed by atoms with van der Waals surface area (Å²) in [5.41, 5.74) is 2.39. The van der Waals surface area contributed by atoms with Crippen molar-refractivity contribution in [2.24, 2.45) is 4.99 Å². The number of carboxylic acids is 1. The van der Waals surface area contributed by atoms with Crippen molar-refractivity contribution in [2.45, 2.75) is 6.92 Å². The lowest BCUT2D eigenvalue weighted by molar-refractivity contribution is 0.0684. The summed E-state index contributed by atoms with van der Waals surface area (Å²) in [6.07, 6.45) is 0. The quantitative estimate of drug-likeness (QED) is 0.520. The van der Waals surface area contributed by atoms with Crippen LogP contribution < -0.4 is 14.8 Å². The molecule has 0 saturated heterocycles. The van der Waals surface area contributed by atoms with Gasteiger partial charge in [0.25, 0.3) is 5.95 Å². The van der Waals surface area contributed by atoms with Crippen molar-refractivity contribution in [1.29, 1.82) is 0 Å². The average Bonchev–Trinajstić information content (AvgIpc) is 3.22. The molecular weight excluding hydrogens is 388 g/mol. The van der Waals surface area contributed by atoms with E-state index < -0.39 is 5.97 Å². The zero-order valence-corrected chi connectivity index (χ0v) is 16.5. The number of hydrogen-bond donors (Lipinski definition) is 2. The van der Waals surface area contributed by atoms with Gasteiger partial charge < -0.3 is 19.0 Å². The number of hydrogen-bond acceptors (Lipinski definition) is 7. The molecule has 0 spiro atoms. The van der Waals surface area contributed by atoms with Gasteiger partial charge in [-0.25, -0.2) is 9.79 Å². The number of carbonyl (C=O) groups is 1. The van der Waals surface area contributed by atoms with E-state index in [0.717, 1.165) is 16.5 Å². The Bertz CT molecular complexity index is 1320. The maximum absolute atomic E-state index is 11.1. The minimum Gasteiger partial charge on any atom is -0.493 e. The Morgan fingerprint density at radius 1 is 1.10 bits per heavy atom. The van der Waals surface area contributed by atoms with Gasteiger partial charge in [0, 0.05) is 17.0 Å². The van der Waals surface area contributed by atoms with Crippen LogP contribution >= 0.6 is 0 Å². The van der Waals surface area contributed by atoms with E-state index in [1.807, 2.05) is 31.2 Å². The molecule has 30 heavy (non-hydrogen) atoms. The molecular formula is C21H18N4O5. The molecule has 9 heteroatoms. The number of fused-ring (bicyclic) bond motifs is 1. The standard InChI is InChI=1S/C21H18N4O5/c1-11-4-6-15-13(8-11)14(22-21-23-19(20(26)27)24-25-21)10-17(30-15)12-5-7-16(28-2)18(9-12)29-3/h4-10H,1-3H3,(H,26,27)(H,23,24,25). The number of aromatic carboxylic acids is 1. The molecule has 0 radical (unpaired) electrons. The van der Waals surface area contributed by atoms with E-state index in [1.165, 1.54) is 0 Å². The summed E-state index contributed by atoms with van der Waals surface area (Å²) in [6.45, 7) is 1.96. The molecule has 4 aromatic rings. The molecule has 0 aliphatic heterocycles. The third-order valence-corrected chi connectivity index (χ3v) is 4.46. The number of nitrogens with one attached hydrogen (secondary N) is 1. The van der Waals surface area contributed by atoms with Crippen molar-refractivity contribution in [3.8, 4) is 22.8 Å². The number of aromatic nitrogens is 3. The molecule has 0 saturated carbocycles. The minimum absolute atomic E-state index is 0.0136. The summed E-state index contributed by atoms with van der Waals surface area (Å²) in [7, 11) is 3.13. The van der Waals surface area contributed by atoms with Crippen LogP contribution in [0.15, 0.2) is 51.9 Å². The molecule has 0 fully saturated rings. The van der Waals surface area contributed by atoms with Crippen molar-refractivity contribution >= 4 is 22.9 Å². The van der Waals surface area contributed by atoms with E-state index in [9.17, 15) is 4.79 Å². The highest BCUT2D eigenvalue weighted by Gasteiger charge is 2.12. The number of nitrogens with zero attached hydrogens (tertiary/aromatic N) is 3. The number of carboxylic acid groups (broad SMARTS) is 1. The predicted molar refractivity (Wildman–Crippen MR) is 108 cm³/mol. The molecule has 2 aromatic heterocycles. The van der Waals surface area contributed by atoms with E-state index in [4.69, 9.17) is 19.0 Å². The first-order valence-electron chi connectivity index (χ1n) is 8.96. The molecule has 0 aliphatic rings. The highest BCUT2D eigenvalue weighted by molar-refractivity contribution is 5.83. The fourth-order valence-electron chi connectivity index (χ4n) is 3.01. The zero-order valence-electron chi connectivity index (χ0n) is 16.5. The van der Waals surface area contributed by atoms with Crippen molar-refractivity contribution in [2.75, 3.05) is 14.2 Å². The maximum atomic E-state index is 11.1. The summed E-state index contributed by atoms with van der Waals surface area (Å²) in [6, 6.07) is 12.9. The number of ether oxygens (including phenoxy) is 2. The van der Waals surface area contributed by atoms with E-state index in [-0.39, 0.29) is 11.8 Å². The lowest BCUT2D eigenvalue weighted by Crippen LogP contribution is -2.04. The van der Waals surface area contributed by atoms with Gasteiger partial charge in [-0.2, -0.15) is 4.98 Å². The largest absolute Gasteiger partial charge is 0.493 e. The fraction of sp³-hybridized carbons (Fsp3) is 0.143. The first-order chi connectivity index (χ1) is 14.5. The summed E-state index contributed by atoms with van der Waals surface area (Å²) in [4.78, 5) is 19.4. The first kappa shape index (κ1) is 19.2. The summed E-state index contributed by atoms with van der Waals surface area (Å²) >= 11 is 0. The Hall–Kier alpha value is -4.14. The van der Waals surface area contributed by atoms with Gasteiger partial charge in [0.1, 0.15) is 11.3 Å². The van der Waals surface area contributed by atoms with Crippen LogP contribution in [0, 0.1) is 6.92 Å². The van der Waals surface area contributed by atoms with Crippen LogP contribution in [0.4, 0.5) is 5.95 Å². The Balaban J connectivity index is 1.94. The van der Waals surface area contributed by atoms with Gasteiger partial charge >= 0.3 is 5.97 Å². The Labute approximate surface area is 170 Å². The second-order valence-electron chi connectivity index (χ2n) is 6.47. The van der Waals surface area contributed by atoms with Crippen LogP contribution in [0.25, 0.3) is 22.3 Å². The lowest BCUT2D eigenvalue weighted by atomic mass is 10.1. The molecule has 2 N–H and O–H groups in total. The molecule has 2 heterocycles. The van der Waals surface area contributed by atoms with Crippen LogP contribution in [-0.4, -0.2) is 40.5 Å². The number of H-pyrrole nitrogens is 1. The van der Waals surface area contributed by atoms with Crippen molar-refractivity contribution in [1.82, 2.24) is 15.2 Å². The van der Waals surface area contributed by atoms with Gasteiger partial charge in [0.05, 0.1) is 19.6 Å². The third kappa shape index (κ3) is 3.60. The molecule has 0 bridgehead atoms. The maximum Gasteiger partial charge on any atom is 0.373 e. The van der Waals surface area contributed by atoms with Crippen molar-refractivity contribution in [3.05, 3.63) is 59.2 Å². The SMILES string of the molecule is COc1ccc(-c2cc(=Nc3n[nH]c(C(=O)O)n3)c3cc(C)ccc3o2)cc1OC. The van der Waals surface area contributed by atoms with Crippen LogP contribution in [-0.2, 0) is 0 Å². The molecule has 0 aliphatic carbocycles. The van der Waals surface area contributed by atoms with Gasteiger partial charge in [0.2, 0.25) is 5.82 Å². The Morgan fingerprint density at radius 3 is 2.60 bits per heavy atom. The van der Waals surface area contributed by atoms with Crippen molar-refractivity contribution < 1.29 is 23.8 Å². The monoisotopic (exact) mass is 406 g/mol. The van der Waals surface area contributed by atoms with Gasteiger partial charge in [-0.3, -0.25) is 5.10 Å². The van der Waals surface area contributed by atoms with Gasteiger partial charge in [-0.15, -0.1) is 5.10 Å². The fourth-order valence-corrected chi connectivity index (χ4v) is 3.01. The van der Waals surface area contributed by atoms with Gasteiger partial charge in [-0.1, -0.05) is 11.6 Å². The lowest BCUT2D eigenvalue weighted by Gasteiger charge is -2.10. The van der Waals surface area contributed by atoms with Crippen LogP contribution in [0.2, 0.25) is 0 Å². The smallest absolute Gasteiger partial charge is 0.373 e. The highest BCUT2D eigenvalue weighted by Crippen LogP contribution is 2.32. The number of methoxy groups -OCH3 is 2. The summed E-state index contributed by atoms with van der Waals surface area (Å²) in [5.74, 6) is 0.227. The van der Waals surface area contributed by atoms with E-state index in [0.29, 0.717) is 28.2 Å². The topological polar surface area (TPSA) is 123 Å². The van der Waals surface area contributed by atoms with Gasteiger partial charge in [0.15, 0.2) is 11.5 Å². The molecule has 152 valence electrons. The molecule has 0 unspecified atom stereocenters. The first-order valence-corrected chi connectivity index (χ1v) is 8.96. The second-order valence-corrected chi connectivity index (χ2v) is 6.47. The van der Waals surface area contributed by atoms with E-state index in [2.05, 4.69) is 20.2 Å². The second kappa shape index (κ2) is 7.70. The molecule has 0 amide bonds. The van der Waals surface area contributed by atoms with Crippen LogP contribution in [0.3, 0.4) is 0 Å². The summed E-state index contributed by atoms with van der Waals surface area (Å²) < 4.78 is 16.8.